The van der Waals surface area contributed by atoms with E-state index in [1.807, 2.05) is 38.1 Å². The van der Waals surface area contributed by atoms with Crippen LogP contribution in [0.1, 0.15) is 31.9 Å². The average Bonchev–Trinajstić information content (AvgIpc) is 2.71. The number of amides is 2. The summed E-state index contributed by atoms with van der Waals surface area (Å²) in [4.78, 5) is 27.5. The van der Waals surface area contributed by atoms with Gasteiger partial charge in [-0.05, 0) is 63.1 Å². The van der Waals surface area contributed by atoms with Gasteiger partial charge >= 0.3 is 0 Å². The summed E-state index contributed by atoms with van der Waals surface area (Å²) in [6, 6.07) is 11.2. The Hall–Kier alpha value is -2.10. The van der Waals surface area contributed by atoms with E-state index in [0.717, 1.165) is 26.2 Å². The van der Waals surface area contributed by atoms with Crippen LogP contribution in [0.15, 0.2) is 46.9 Å². The number of halogens is 2. The summed E-state index contributed by atoms with van der Waals surface area (Å²) in [5, 5.41) is 3.21. The summed E-state index contributed by atoms with van der Waals surface area (Å²) in [6.45, 7) is 6.77. The molecule has 0 radical (unpaired) electrons. The zero-order valence-corrected chi connectivity index (χ0v) is 22.5. The fourth-order valence-electron chi connectivity index (χ4n) is 3.12. The van der Waals surface area contributed by atoms with Gasteiger partial charge < -0.3 is 10.2 Å². The molecule has 10 heteroatoms. The first kappa shape index (κ1) is 27.1. The van der Waals surface area contributed by atoms with Crippen molar-refractivity contribution >= 4 is 55.1 Å². The van der Waals surface area contributed by atoms with Crippen molar-refractivity contribution in [3.05, 3.63) is 63.1 Å². The predicted molar refractivity (Wildman–Crippen MR) is 136 cm³/mol. The molecule has 1 N–H and O–H groups in total. The SMILES string of the molecule is Cc1ccc(N(CC(=O)N(Cc2ccc(Br)cc2)C(C)C(=O)NC(C)C)S(C)(=O)=O)cc1Cl. The fraction of sp³-hybridized carbons (Fsp3) is 0.391. The highest BCUT2D eigenvalue weighted by Gasteiger charge is 2.30. The summed E-state index contributed by atoms with van der Waals surface area (Å²) >= 11 is 9.58. The van der Waals surface area contributed by atoms with Crippen molar-refractivity contribution in [2.24, 2.45) is 0 Å². The average molecular weight is 559 g/mol. The van der Waals surface area contributed by atoms with Crippen LogP contribution in [-0.4, -0.2) is 50.0 Å². The Morgan fingerprint density at radius 1 is 1.09 bits per heavy atom. The van der Waals surface area contributed by atoms with Crippen molar-refractivity contribution in [1.82, 2.24) is 10.2 Å². The van der Waals surface area contributed by atoms with E-state index in [4.69, 9.17) is 11.6 Å². The van der Waals surface area contributed by atoms with E-state index in [-0.39, 0.29) is 24.2 Å². The maximum absolute atomic E-state index is 13.4. The highest BCUT2D eigenvalue weighted by atomic mass is 79.9. The molecule has 1 atom stereocenters. The van der Waals surface area contributed by atoms with Gasteiger partial charge in [0, 0.05) is 22.1 Å². The van der Waals surface area contributed by atoms with Crippen molar-refractivity contribution in [3.63, 3.8) is 0 Å². The van der Waals surface area contributed by atoms with Crippen molar-refractivity contribution in [2.45, 2.75) is 46.3 Å². The van der Waals surface area contributed by atoms with E-state index in [0.29, 0.717) is 5.02 Å². The molecule has 180 valence electrons. The number of benzene rings is 2. The van der Waals surface area contributed by atoms with Gasteiger partial charge in [0.1, 0.15) is 12.6 Å². The van der Waals surface area contributed by atoms with Crippen LogP contribution in [0.4, 0.5) is 5.69 Å². The molecule has 2 amide bonds. The van der Waals surface area contributed by atoms with Crippen LogP contribution < -0.4 is 9.62 Å². The second-order valence-electron chi connectivity index (χ2n) is 8.19. The van der Waals surface area contributed by atoms with Gasteiger partial charge in [-0.2, -0.15) is 0 Å². The third-order valence-electron chi connectivity index (χ3n) is 4.99. The van der Waals surface area contributed by atoms with E-state index in [2.05, 4.69) is 21.2 Å². The third-order valence-corrected chi connectivity index (χ3v) is 7.06. The molecule has 2 rings (SSSR count). The van der Waals surface area contributed by atoms with Crippen molar-refractivity contribution in [1.29, 1.82) is 0 Å². The molecular formula is C23H29BrClN3O4S. The van der Waals surface area contributed by atoms with Crippen molar-refractivity contribution < 1.29 is 18.0 Å². The van der Waals surface area contributed by atoms with Crippen LogP contribution >= 0.6 is 27.5 Å². The molecule has 2 aromatic rings. The van der Waals surface area contributed by atoms with E-state index < -0.39 is 28.5 Å². The van der Waals surface area contributed by atoms with Gasteiger partial charge in [-0.3, -0.25) is 13.9 Å². The Kier molecular flexibility index (Phi) is 9.34. The number of hydrogen-bond donors (Lipinski definition) is 1. The van der Waals surface area contributed by atoms with Gasteiger partial charge in [-0.25, -0.2) is 8.42 Å². The fourth-order valence-corrected chi connectivity index (χ4v) is 4.41. The number of hydrogen-bond acceptors (Lipinski definition) is 4. The highest BCUT2D eigenvalue weighted by molar-refractivity contribution is 9.10. The Bertz CT molecular complexity index is 1110. The zero-order chi connectivity index (χ0) is 24.9. The lowest BCUT2D eigenvalue weighted by Gasteiger charge is -2.32. The molecule has 7 nitrogen and oxygen atoms in total. The lowest BCUT2D eigenvalue weighted by Crippen LogP contribution is -2.52. The normalized spacial score (nSPS) is 12.4. The maximum atomic E-state index is 13.4. The van der Waals surface area contributed by atoms with E-state index in [1.54, 1.807) is 26.0 Å². The smallest absolute Gasteiger partial charge is 0.244 e. The molecule has 0 aromatic heterocycles. The van der Waals surface area contributed by atoms with Gasteiger partial charge in [-0.1, -0.05) is 45.7 Å². The number of nitrogens with one attached hydrogen (secondary N) is 1. The number of nitrogens with zero attached hydrogens (tertiary/aromatic N) is 2. The van der Waals surface area contributed by atoms with Gasteiger partial charge in [-0.15, -0.1) is 0 Å². The lowest BCUT2D eigenvalue weighted by molar-refractivity contribution is -0.139. The second-order valence-corrected chi connectivity index (χ2v) is 11.4. The monoisotopic (exact) mass is 557 g/mol. The van der Waals surface area contributed by atoms with Gasteiger partial charge in [0.25, 0.3) is 0 Å². The quantitative estimate of drug-likeness (QED) is 0.502. The predicted octanol–water partition coefficient (Wildman–Crippen LogP) is 4.12. The van der Waals surface area contributed by atoms with Gasteiger partial charge in [0.2, 0.25) is 21.8 Å². The molecule has 0 fully saturated rings. The topological polar surface area (TPSA) is 86.8 Å². The molecule has 0 aliphatic rings. The summed E-state index contributed by atoms with van der Waals surface area (Å²) in [6.07, 6.45) is 1.03. The Morgan fingerprint density at radius 2 is 1.70 bits per heavy atom. The molecule has 0 saturated heterocycles. The van der Waals surface area contributed by atoms with Crippen LogP contribution in [0.25, 0.3) is 0 Å². The minimum absolute atomic E-state index is 0.105. The third kappa shape index (κ3) is 7.72. The van der Waals surface area contributed by atoms with Crippen molar-refractivity contribution in [2.75, 3.05) is 17.1 Å². The highest BCUT2D eigenvalue weighted by Crippen LogP contribution is 2.25. The van der Waals surface area contributed by atoms with Gasteiger partial charge in [0.15, 0.2) is 0 Å². The first-order valence-corrected chi connectivity index (χ1v) is 13.4. The Balaban J connectivity index is 2.40. The Morgan fingerprint density at radius 3 is 2.21 bits per heavy atom. The number of rotatable bonds is 9. The molecule has 33 heavy (non-hydrogen) atoms. The molecule has 1 unspecified atom stereocenters. The molecule has 0 spiro atoms. The number of anilines is 1. The molecule has 0 bridgehead atoms. The van der Waals surface area contributed by atoms with E-state index in [1.165, 1.54) is 11.0 Å². The molecule has 0 aliphatic carbocycles. The van der Waals surface area contributed by atoms with Crippen LogP contribution in [0, 0.1) is 6.92 Å². The van der Waals surface area contributed by atoms with Crippen LogP contribution in [0.2, 0.25) is 5.02 Å². The van der Waals surface area contributed by atoms with Gasteiger partial charge in [0.05, 0.1) is 11.9 Å². The van der Waals surface area contributed by atoms with E-state index >= 15 is 0 Å². The summed E-state index contributed by atoms with van der Waals surface area (Å²) < 4.78 is 27.0. The first-order valence-electron chi connectivity index (χ1n) is 10.4. The van der Waals surface area contributed by atoms with Crippen LogP contribution in [-0.2, 0) is 26.2 Å². The largest absolute Gasteiger partial charge is 0.352 e. The molecule has 0 heterocycles. The number of sulfonamides is 1. The molecule has 2 aromatic carbocycles. The summed E-state index contributed by atoms with van der Waals surface area (Å²) in [7, 11) is -3.80. The summed E-state index contributed by atoms with van der Waals surface area (Å²) in [5.41, 5.74) is 1.88. The molecular weight excluding hydrogens is 530 g/mol. The first-order chi connectivity index (χ1) is 15.3. The lowest BCUT2D eigenvalue weighted by atomic mass is 10.1. The number of aryl methyl sites for hydroxylation is 1. The molecule has 0 aliphatic heterocycles. The molecule has 0 saturated carbocycles. The minimum atomic E-state index is -3.80. The van der Waals surface area contributed by atoms with E-state index in [9.17, 15) is 18.0 Å². The Labute approximate surface area is 209 Å². The summed E-state index contributed by atoms with van der Waals surface area (Å²) in [5.74, 6) is -0.828. The van der Waals surface area contributed by atoms with Crippen LogP contribution in [0.3, 0.4) is 0 Å². The standard InChI is InChI=1S/C23H29BrClN3O4S/c1-15(2)26-23(30)17(4)27(13-18-7-9-19(24)10-8-18)22(29)14-28(33(5,31)32)20-11-6-16(3)21(25)12-20/h6-12,15,17H,13-14H2,1-5H3,(H,26,30). The van der Waals surface area contributed by atoms with Crippen LogP contribution in [0.5, 0.6) is 0 Å². The maximum Gasteiger partial charge on any atom is 0.244 e. The zero-order valence-electron chi connectivity index (χ0n) is 19.3. The second kappa shape index (κ2) is 11.4. The minimum Gasteiger partial charge on any atom is -0.352 e. The van der Waals surface area contributed by atoms with Crippen molar-refractivity contribution in [3.8, 4) is 0 Å². The number of carbonyl (C=O) groups is 2. The number of carbonyl (C=O) groups excluding carboxylic acids is 2.